The smallest absolute Gasteiger partial charge is 0.148 e. The monoisotopic (exact) mass is 251 g/mol. The number of benzene rings is 2. The molecule has 1 N–H and O–H groups in total. The third-order valence-corrected chi connectivity index (χ3v) is 2.39. The molecule has 0 saturated carbocycles. The molecule has 2 rings (SSSR count). The van der Waals surface area contributed by atoms with Crippen LogP contribution in [-0.2, 0) is 0 Å². The largest absolute Gasteiger partial charge is 0.508 e. The molecule has 0 saturated heterocycles. The van der Waals surface area contributed by atoms with Crippen molar-refractivity contribution in [1.82, 2.24) is 0 Å². The van der Waals surface area contributed by atoms with Crippen LogP contribution in [0.4, 0.5) is 5.69 Å². The fourth-order valence-corrected chi connectivity index (χ4v) is 1.50. The molecule has 0 spiro atoms. The highest BCUT2D eigenvalue weighted by molar-refractivity contribution is 5.82. The fraction of sp³-hybridized carbons (Fsp3) is 0.0625. The summed E-state index contributed by atoms with van der Waals surface area (Å²) < 4.78 is 5.33. The maximum Gasteiger partial charge on any atom is 0.148 e. The highest BCUT2D eigenvalue weighted by atomic mass is 16.5. The van der Waals surface area contributed by atoms with E-state index in [1.54, 1.807) is 30.5 Å². The van der Waals surface area contributed by atoms with Gasteiger partial charge in [-0.05, 0) is 42.0 Å². The van der Waals surface area contributed by atoms with E-state index in [-0.39, 0.29) is 12.4 Å². The van der Waals surface area contributed by atoms with Crippen molar-refractivity contribution < 1.29 is 9.84 Å². The molecule has 0 unspecified atom stereocenters. The highest BCUT2D eigenvalue weighted by Crippen LogP contribution is 2.17. The van der Waals surface area contributed by atoms with Crippen molar-refractivity contribution in [1.29, 1.82) is 0 Å². The van der Waals surface area contributed by atoms with Gasteiger partial charge in [-0.2, -0.15) is 0 Å². The zero-order valence-electron chi connectivity index (χ0n) is 10.3. The van der Waals surface area contributed by atoms with Gasteiger partial charge in [0.1, 0.15) is 18.1 Å². The lowest BCUT2D eigenvalue weighted by molar-refractivity contribution is 0.370. The summed E-state index contributed by atoms with van der Waals surface area (Å²) in [6.07, 6.45) is 6.87. The molecule has 0 aliphatic rings. The molecule has 0 radical (unpaired) electrons. The van der Waals surface area contributed by atoms with E-state index in [0.717, 1.165) is 11.3 Å². The lowest BCUT2D eigenvalue weighted by atomic mass is 10.2. The summed E-state index contributed by atoms with van der Waals surface area (Å²) in [6, 6.07) is 14.2. The first-order valence-electron chi connectivity index (χ1n) is 5.77. The topological polar surface area (TPSA) is 41.8 Å². The van der Waals surface area contributed by atoms with Crippen LogP contribution in [0.5, 0.6) is 11.5 Å². The molecule has 0 atom stereocenters. The second-order valence-corrected chi connectivity index (χ2v) is 3.84. The van der Waals surface area contributed by atoms with Crippen LogP contribution >= 0.6 is 0 Å². The third-order valence-electron chi connectivity index (χ3n) is 2.39. The minimum Gasteiger partial charge on any atom is -0.508 e. The van der Waals surface area contributed by atoms with E-state index in [1.165, 1.54) is 0 Å². The summed E-state index contributed by atoms with van der Waals surface area (Å²) in [5.74, 6) is 3.36. The Morgan fingerprint density at radius 1 is 1.21 bits per heavy atom. The summed E-state index contributed by atoms with van der Waals surface area (Å²) in [7, 11) is 0. The van der Waals surface area contributed by atoms with Gasteiger partial charge in [0.05, 0.1) is 5.69 Å². The molecule has 0 aromatic heterocycles. The summed E-state index contributed by atoms with van der Waals surface area (Å²) in [5, 5.41) is 9.18. The lowest BCUT2D eigenvalue weighted by Gasteiger charge is -2.02. The SMILES string of the molecule is C#CCOc1cccc(C=Nc2ccc(O)cc2)c1. The van der Waals surface area contributed by atoms with Crippen molar-refractivity contribution in [2.75, 3.05) is 6.61 Å². The van der Waals surface area contributed by atoms with E-state index in [1.807, 2.05) is 24.3 Å². The highest BCUT2D eigenvalue weighted by Gasteiger charge is 1.94. The van der Waals surface area contributed by atoms with E-state index in [9.17, 15) is 5.11 Å². The van der Waals surface area contributed by atoms with Gasteiger partial charge in [-0.1, -0.05) is 18.1 Å². The van der Waals surface area contributed by atoms with Crippen molar-refractivity contribution in [3.05, 3.63) is 54.1 Å². The summed E-state index contributed by atoms with van der Waals surface area (Å²) >= 11 is 0. The predicted molar refractivity (Wildman–Crippen MR) is 76.1 cm³/mol. The van der Waals surface area contributed by atoms with Crippen molar-refractivity contribution in [3.63, 3.8) is 0 Å². The van der Waals surface area contributed by atoms with E-state index < -0.39 is 0 Å². The molecular formula is C16H13NO2. The minimum absolute atomic E-state index is 0.226. The Bertz CT molecular complexity index is 609. The zero-order valence-corrected chi connectivity index (χ0v) is 10.3. The van der Waals surface area contributed by atoms with Crippen molar-refractivity contribution >= 4 is 11.9 Å². The molecule has 94 valence electrons. The second-order valence-electron chi connectivity index (χ2n) is 3.84. The van der Waals surface area contributed by atoms with Gasteiger partial charge in [-0.3, -0.25) is 4.99 Å². The molecular weight excluding hydrogens is 238 g/mol. The van der Waals surface area contributed by atoms with Crippen LogP contribution in [-0.4, -0.2) is 17.9 Å². The standard InChI is InChI=1S/C16H13NO2/c1-2-10-19-16-5-3-4-13(11-16)12-17-14-6-8-15(18)9-7-14/h1,3-9,11-12,18H,10H2. The van der Waals surface area contributed by atoms with Gasteiger partial charge in [0.2, 0.25) is 0 Å². The van der Waals surface area contributed by atoms with Crippen LogP contribution in [0, 0.1) is 12.3 Å². The number of hydrogen-bond donors (Lipinski definition) is 1. The first-order chi connectivity index (χ1) is 9.28. The number of aliphatic imine (C=N–C) groups is 1. The molecule has 0 amide bonds. The minimum atomic E-state index is 0.226. The third kappa shape index (κ3) is 3.90. The van der Waals surface area contributed by atoms with E-state index in [2.05, 4.69) is 10.9 Å². The number of aromatic hydroxyl groups is 1. The first kappa shape index (κ1) is 12.7. The fourth-order valence-electron chi connectivity index (χ4n) is 1.50. The van der Waals surface area contributed by atoms with Gasteiger partial charge in [-0.25, -0.2) is 0 Å². The quantitative estimate of drug-likeness (QED) is 0.670. The Morgan fingerprint density at radius 2 is 2.00 bits per heavy atom. The Labute approximate surface area is 112 Å². The molecule has 0 aliphatic heterocycles. The van der Waals surface area contributed by atoms with Gasteiger partial charge >= 0.3 is 0 Å². The van der Waals surface area contributed by atoms with E-state index >= 15 is 0 Å². The summed E-state index contributed by atoms with van der Waals surface area (Å²) in [5.41, 5.74) is 1.69. The van der Waals surface area contributed by atoms with Crippen molar-refractivity contribution in [2.24, 2.45) is 4.99 Å². The number of hydrogen-bond acceptors (Lipinski definition) is 3. The summed E-state index contributed by atoms with van der Waals surface area (Å²) in [6.45, 7) is 0.249. The Morgan fingerprint density at radius 3 is 2.74 bits per heavy atom. The maximum absolute atomic E-state index is 9.18. The van der Waals surface area contributed by atoms with Gasteiger partial charge in [0.15, 0.2) is 0 Å². The molecule has 0 bridgehead atoms. The van der Waals surface area contributed by atoms with Gasteiger partial charge < -0.3 is 9.84 Å². The Balaban J connectivity index is 2.10. The first-order valence-corrected chi connectivity index (χ1v) is 5.77. The molecule has 2 aromatic rings. The number of rotatable bonds is 4. The van der Waals surface area contributed by atoms with Gasteiger partial charge in [0, 0.05) is 6.21 Å². The van der Waals surface area contributed by atoms with Crippen molar-refractivity contribution in [2.45, 2.75) is 0 Å². The summed E-state index contributed by atoms with van der Waals surface area (Å²) in [4.78, 5) is 4.31. The van der Waals surface area contributed by atoms with E-state index in [4.69, 9.17) is 11.2 Å². The molecule has 0 aliphatic carbocycles. The van der Waals surface area contributed by atoms with E-state index in [0.29, 0.717) is 5.75 Å². The molecule has 0 heterocycles. The molecule has 3 nitrogen and oxygen atoms in total. The molecule has 2 aromatic carbocycles. The predicted octanol–water partition coefficient (Wildman–Crippen LogP) is 3.15. The number of phenolic OH excluding ortho intramolecular Hbond substituents is 1. The van der Waals surface area contributed by atoms with Gasteiger partial charge in [-0.15, -0.1) is 6.42 Å². The Kier molecular flexibility index (Phi) is 4.20. The number of phenols is 1. The van der Waals surface area contributed by atoms with Crippen LogP contribution < -0.4 is 4.74 Å². The lowest BCUT2D eigenvalue weighted by Crippen LogP contribution is -1.93. The number of ether oxygens (including phenoxy) is 1. The molecule has 0 fully saturated rings. The molecule has 19 heavy (non-hydrogen) atoms. The number of nitrogens with zero attached hydrogens (tertiary/aromatic N) is 1. The maximum atomic E-state index is 9.18. The van der Waals surface area contributed by atoms with Gasteiger partial charge in [0.25, 0.3) is 0 Å². The van der Waals surface area contributed by atoms with Crippen molar-refractivity contribution in [3.8, 4) is 23.8 Å². The zero-order chi connectivity index (χ0) is 13.5. The van der Waals surface area contributed by atoms with Crippen LogP contribution in [0.2, 0.25) is 0 Å². The van der Waals surface area contributed by atoms with Crippen LogP contribution in [0.25, 0.3) is 0 Å². The molecule has 3 heteroatoms. The van der Waals surface area contributed by atoms with Crippen LogP contribution in [0.15, 0.2) is 53.5 Å². The second kappa shape index (κ2) is 6.27. The average Bonchev–Trinajstić information content (AvgIpc) is 2.45. The Hall–Kier alpha value is -2.73. The van der Waals surface area contributed by atoms with Crippen LogP contribution in [0.3, 0.4) is 0 Å². The van der Waals surface area contributed by atoms with Crippen LogP contribution in [0.1, 0.15) is 5.56 Å². The average molecular weight is 251 g/mol. The normalized spacial score (nSPS) is 10.3. The number of terminal acetylenes is 1.